The number of hydrogen-bond donors (Lipinski definition) is 1. The molecule has 1 fully saturated rings. The molecule has 130 valence electrons. The molecule has 1 aliphatic rings. The van der Waals surface area contributed by atoms with Crippen LogP contribution in [0, 0.1) is 0 Å². The van der Waals surface area contributed by atoms with Crippen molar-refractivity contribution in [1.29, 1.82) is 0 Å². The molecule has 5 nitrogen and oxygen atoms in total. The topological polar surface area (TPSA) is 58.6 Å². The van der Waals surface area contributed by atoms with Crippen molar-refractivity contribution in [2.24, 2.45) is 0 Å². The smallest absolute Gasteiger partial charge is 0.253 e. The van der Waals surface area contributed by atoms with E-state index in [0.717, 1.165) is 12.0 Å². The Morgan fingerprint density at radius 2 is 2.08 bits per heavy atom. The van der Waals surface area contributed by atoms with Gasteiger partial charge in [0.1, 0.15) is 5.75 Å². The van der Waals surface area contributed by atoms with E-state index >= 15 is 0 Å². The summed E-state index contributed by atoms with van der Waals surface area (Å²) in [7, 11) is 1.59. The summed E-state index contributed by atoms with van der Waals surface area (Å²) >= 11 is 6.07. The Bertz CT molecular complexity index is 807. The van der Waals surface area contributed by atoms with Gasteiger partial charge in [-0.1, -0.05) is 29.8 Å². The number of carbonyl (C=O) groups excluding carboxylic acids is 2. The third-order valence-electron chi connectivity index (χ3n) is 4.20. The molecule has 1 heterocycles. The van der Waals surface area contributed by atoms with E-state index in [2.05, 4.69) is 5.32 Å². The Balaban J connectivity index is 1.81. The van der Waals surface area contributed by atoms with Gasteiger partial charge >= 0.3 is 0 Å². The molecule has 0 aliphatic carbocycles. The van der Waals surface area contributed by atoms with Crippen LogP contribution >= 0.6 is 11.6 Å². The lowest BCUT2D eigenvalue weighted by Crippen LogP contribution is -2.29. The van der Waals surface area contributed by atoms with Gasteiger partial charge in [0.25, 0.3) is 5.91 Å². The van der Waals surface area contributed by atoms with Crippen molar-refractivity contribution in [3.63, 3.8) is 0 Å². The van der Waals surface area contributed by atoms with E-state index in [1.165, 1.54) is 0 Å². The van der Waals surface area contributed by atoms with Crippen molar-refractivity contribution in [2.75, 3.05) is 18.6 Å². The standard InChI is InChI=1S/C19H19ClN2O3/c1-25-17-6-3-2-5-13(17)12-21-19(24)15-9-8-14(20)11-16(15)22-10-4-7-18(22)23/h2-3,5-6,8-9,11H,4,7,10,12H2,1H3,(H,21,24). The Morgan fingerprint density at radius 1 is 1.28 bits per heavy atom. The molecule has 0 saturated carbocycles. The van der Waals surface area contributed by atoms with Crippen molar-refractivity contribution < 1.29 is 14.3 Å². The Labute approximate surface area is 151 Å². The summed E-state index contributed by atoms with van der Waals surface area (Å²) in [4.78, 5) is 26.4. The zero-order valence-electron chi connectivity index (χ0n) is 13.9. The highest BCUT2D eigenvalue weighted by atomic mass is 35.5. The first-order chi connectivity index (χ1) is 12.1. The highest BCUT2D eigenvalue weighted by Crippen LogP contribution is 2.29. The minimum Gasteiger partial charge on any atom is -0.496 e. The lowest BCUT2D eigenvalue weighted by atomic mass is 10.1. The number of nitrogens with one attached hydrogen (secondary N) is 1. The molecule has 0 spiro atoms. The summed E-state index contributed by atoms with van der Waals surface area (Å²) in [5, 5.41) is 3.38. The zero-order chi connectivity index (χ0) is 17.8. The fourth-order valence-electron chi connectivity index (χ4n) is 2.94. The van der Waals surface area contributed by atoms with E-state index in [1.54, 1.807) is 30.2 Å². The molecule has 0 atom stereocenters. The van der Waals surface area contributed by atoms with E-state index in [0.29, 0.717) is 41.5 Å². The first-order valence-electron chi connectivity index (χ1n) is 8.10. The maximum absolute atomic E-state index is 12.7. The van der Waals surface area contributed by atoms with Crippen molar-refractivity contribution in [2.45, 2.75) is 19.4 Å². The molecular formula is C19H19ClN2O3. The van der Waals surface area contributed by atoms with Crippen LogP contribution in [0.3, 0.4) is 0 Å². The van der Waals surface area contributed by atoms with Crippen LogP contribution in [0.4, 0.5) is 5.69 Å². The van der Waals surface area contributed by atoms with Crippen LogP contribution in [0.2, 0.25) is 5.02 Å². The number of para-hydroxylation sites is 1. The molecule has 0 bridgehead atoms. The Kier molecular flexibility index (Phi) is 5.24. The largest absolute Gasteiger partial charge is 0.496 e. The number of benzene rings is 2. The number of nitrogens with zero attached hydrogens (tertiary/aromatic N) is 1. The van der Waals surface area contributed by atoms with E-state index in [4.69, 9.17) is 16.3 Å². The molecule has 0 unspecified atom stereocenters. The van der Waals surface area contributed by atoms with Gasteiger partial charge in [0, 0.05) is 30.1 Å². The monoisotopic (exact) mass is 358 g/mol. The van der Waals surface area contributed by atoms with Gasteiger partial charge in [0.2, 0.25) is 5.91 Å². The second kappa shape index (κ2) is 7.57. The van der Waals surface area contributed by atoms with Gasteiger partial charge in [0.05, 0.1) is 18.4 Å². The van der Waals surface area contributed by atoms with E-state index in [-0.39, 0.29) is 11.8 Å². The normalized spacial score (nSPS) is 13.8. The number of hydrogen-bond acceptors (Lipinski definition) is 3. The lowest BCUT2D eigenvalue weighted by molar-refractivity contribution is -0.117. The number of amides is 2. The van der Waals surface area contributed by atoms with E-state index in [1.807, 2.05) is 24.3 Å². The maximum atomic E-state index is 12.7. The predicted octanol–water partition coefficient (Wildman–Crippen LogP) is 3.41. The molecule has 1 aliphatic heterocycles. The van der Waals surface area contributed by atoms with Crippen LogP contribution in [-0.2, 0) is 11.3 Å². The molecule has 2 aromatic rings. The summed E-state index contributed by atoms with van der Waals surface area (Å²) in [6, 6.07) is 12.5. The molecule has 1 saturated heterocycles. The van der Waals surface area contributed by atoms with E-state index < -0.39 is 0 Å². The van der Waals surface area contributed by atoms with Crippen LogP contribution in [0.5, 0.6) is 5.75 Å². The molecule has 25 heavy (non-hydrogen) atoms. The Hall–Kier alpha value is -2.53. The van der Waals surface area contributed by atoms with Gasteiger partial charge < -0.3 is 15.0 Å². The summed E-state index contributed by atoms with van der Waals surface area (Å²) in [6.07, 6.45) is 1.28. The van der Waals surface area contributed by atoms with Crippen LogP contribution in [-0.4, -0.2) is 25.5 Å². The first-order valence-corrected chi connectivity index (χ1v) is 8.48. The van der Waals surface area contributed by atoms with Crippen LogP contribution in [0.15, 0.2) is 42.5 Å². The van der Waals surface area contributed by atoms with Crippen molar-refractivity contribution >= 4 is 29.1 Å². The molecule has 0 aromatic heterocycles. The number of ether oxygens (including phenoxy) is 1. The fraction of sp³-hybridized carbons (Fsp3) is 0.263. The highest BCUT2D eigenvalue weighted by Gasteiger charge is 2.26. The van der Waals surface area contributed by atoms with Crippen molar-refractivity contribution in [1.82, 2.24) is 5.32 Å². The zero-order valence-corrected chi connectivity index (χ0v) is 14.7. The number of methoxy groups -OCH3 is 1. The average Bonchev–Trinajstić information content (AvgIpc) is 3.05. The van der Waals surface area contributed by atoms with Gasteiger partial charge in [-0.3, -0.25) is 9.59 Å². The van der Waals surface area contributed by atoms with Gasteiger partial charge in [-0.15, -0.1) is 0 Å². The summed E-state index contributed by atoms with van der Waals surface area (Å²) in [5.74, 6) is 0.479. The molecule has 6 heteroatoms. The molecule has 0 radical (unpaired) electrons. The number of halogens is 1. The highest BCUT2D eigenvalue weighted by molar-refractivity contribution is 6.31. The minimum absolute atomic E-state index is 0.0149. The Morgan fingerprint density at radius 3 is 2.80 bits per heavy atom. The van der Waals surface area contributed by atoms with Crippen LogP contribution in [0.25, 0.3) is 0 Å². The third kappa shape index (κ3) is 3.77. The van der Waals surface area contributed by atoms with Gasteiger partial charge in [-0.05, 0) is 30.7 Å². The molecule has 1 N–H and O–H groups in total. The second-order valence-corrected chi connectivity index (χ2v) is 6.24. The average molecular weight is 359 g/mol. The summed E-state index contributed by atoms with van der Waals surface area (Å²) in [5.41, 5.74) is 1.88. The quantitative estimate of drug-likeness (QED) is 0.891. The van der Waals surface area contributed by atoms with Gasteiger partial charge in [0.15, 0.2) is 0 Å². The molecular weight excluding hydrogens is 340 g/mol. The molecule has 2 aromatic carbocycles. The van der Waals surface area contributed by atoms with E-state index in [9.17, 15) is 9.59 Å². The van der Waals surface area contributed by atoms with Crippen LogP contribution in [0.1, 0.15) is 28.8 Å². The third-order valence-corrected chi connectivity index (χ3v) is 4.44. The van der Waals surface area contributed by atoms with Gasteiger partial charge in [-0.2, -0.15) is 0 Å². The lowest BCUT2D eigenvalue weighted by Gasteiger charge is -2.20. The fourth-order valence-corrected chi connectivity index (χ4v) is 3.11. The SMILES string of the molecule is COc1ccccc1CNC(=O)c1ccc(Cl)cc1N1CCCC1=O. The van der Waals surface area contributed by atoms with Crippen LogP contribution < -0.4 is 15.0 Å². The summed E-state index contributed by atoms with van der Waals surface area (Å²) in [6.45, 7) is 0.935. The predicted molar refractivity (Wildman–Crippen MR) is 97.2 cm³/mol. The minimum atomic E-state index is -0.253. The maximum Gasteiger partial charge on any atom is 0.253 e. The van der Waals surface area contributed by atoms with Crippen molar-refractivity contribution in [3.05, 3.63) is 58.6 Å². The first kappa shape index (κ1) is 17.3. The van der Waals surface area contributed by atoms with Crippen molar-refractivity contribution in [3.8, 4) is 5.75 Å². The number of anilines is 1. The van der Waals surface area contributed by atoms with Gasteiger partial charge in [-0.25, -0.2) is 0 Å². The second-order valence-electron chi connectivity index (χ2n) is 5.80. The molecule has 3 rings (SSSR count). The summed E-state index contributed by atoms with van der Waals surface area (Å²) < 4.78 is 5.30. The molecule has 2 amide bonds. The number of carbonyl (C=O) groups is 2. The number of rotatable bonds is 5.